The Morgan fingerprint density at radius 1 is 0.680 bits per heavy atom. The van der Waals surface area contributed by atoms with Crippen LogP contribution < -0.4 is 0 Å². The average molecular weight is 435 g/mol. The van der Waals surface area contributed by atoms with Crippen molar-refractivity contribution in [1.82, 2.24) is 0 Å². The summed E-state index contributed by atoms with van der Waals surface area (Å²) in [6.07, 6.45) is 25.8. The van der Waals surface area contributed by atoms with E-state index >= 15 is 0 Å². The van der Waals surface area contributed by atoms with Gasteiger partial charge in [0.1, 0.15) is 0 Å². The summed E-state index contributed by atoms with van der Waals surface area (Å²) in [5.41, 5.74) is 0.631. The van der Waals surface area contributed by atoms with Crippen molar-refractivity contribution >= 4 is 24.8 Å². The Labute approximate surface area is 153 Å². The fourth-order valence-electron chi connectivity index (χ4n) is 3.86. The zero-order valence-electron chi connectivity index (χ0n) is 13.9. The quantitative estimate of drug-likeness (QED) is 0.589. The summed E-state index contributed by atoms with van der Waals surface area (Å²) in [6.45, 7) is 0. The van der Waals surface area contributed by atoms with Crippen LogP contribution in [0, 0.1) is 0 Å². The van der Waals surface area contributed by atoms with E-state index in [0.717, 1.165) is 0 Å². The van der Waals surface area contributed by atoms with Gasteiger partial charge in [-0.2, -0.15) is 0 Å². The number of rotatable bonds is 5. The van der Waals surface area contributed by atoms with Gasteiger partial charge in [-0.15, -0.1) is 0 Å². The molecule has 0 radical (unpaired) electrons. The zero-order chi connectivity index (χ0) is 17.1. The zero-order valence-corrected chi connectivity index (χ0v) is 16.7. The van der Waals surface area contributed by atoms with Crippen molar-refractivity contribution in [3.8, 4) is 0 Å². The molecule has 0 fully saturated rings. The van der Waals surface area contributed by atoms with Gasteiger partial charge in [-0.05, 0) is 0 Å². The first-order valence-corrected chi connectivity index (χ1v) is 14.7. The van der Waals surface area contributed by atoms with Gasteiger partial charge >= 0.3 is 153 Å². The molecule has 0 unspecified atom stereocenters. The first-order chi connectivity index (χ1) is 12.3. The van der Waals surface area contributed by atoms with Crippen LogP contribution in [0.3, 0.4) is 0 Å². The molecule has 25 heavy (non-hydrogen) atoms. The summed E-state index contributed by atoms with van der Waals surface area (Å²) in [5, 5.41) is 0. The van der Waals surface area contributed by atoms with Gasteiger partial charge in [-0.25, -0.2) is 0 Å². The molecule has 3 heteroatoms. The molecule has 3 aliphatic rings. The predicted octanol–water partition coefficient (Wildman–Crippen LogP) is 5.28. The summed E-state index contributed by atoms with van der Waals surface area (Å²) in [6, 6.07) is 9.35. The Kier molecular flexibility index (Phi) is 4.62. The topological polar surface area (TPSA) is 26.3 Å². The summed E-state index contributed by atoms with van der Waals surface area (Å²) in [5.74, 6) is -0.188. The van der Waals surface area contributed by atoms with Gasteiger partial charge in [-0.3, -0.25) is 0 Å². The molecule has 4 rings (SSSR count). The van der Waals surface area contributed by atoms with Crippen molar-refractivity contribution in [2.75, 3.05) is 0 Å². The van der Waals surface area contributed by atoms with Crippen LogP contribution in [0.15, 0.2) is 103 Å². The van der Waals surface area contributed by atoms with E-state index < -0.39 is 18.8 Å². The van der Waals surface area contributed by atoms with Gasteiger partial charge < -0.3 is 0 Å². The van der Waals surface area contributed by atoms with Crippen LogP contribution in [0.5, 0.6) is 0 Å². The van der Waals surface area contributed by atoms with Crippen LogP contribution in [-0.2, 0) is 3.07 Å². The van der Waals surface area contributed by atoms with Crippen LogP contribution in [0.1, 0.15) is 10.4 Å². The van der Waals surface area contributed by atoms with E-state index in [4.69, 9.17) is 3.07 Å². The van der Waals surface area contributed by atoms with E-state index in [9.17, 15) is 4.79 Å². The minimum atomic E-state index is -3.59. The molecule has 0 N–H and O–H groups in total. The third-order valence-corrected chi connectivity index (χ3v) is 18.8. The molecule has 0 aromatic heterocycles. The molecular formula is C22H20O2Sn. The van der Waals surface area contributed by atoms with E-state index in [1.165, 1.54) is 0 Å². The molecule has 3 aliphatic carbocycles. The molecule has 124 valence electrons. The molecule has 0 atom stereocenters. The molecule has 0 saturated heterocycles. The third kappa shape index (κ3) is 2.99. The van der Waals surface area contributed by atoms with Crippen LogP contribution >= 0.6 is 0 Å². The second-order valence-electron chi connectivity index (χ2n) is 6.50. The van der Waals surface area contributed by atoms with E-state index in [1.807, 2.05) is 30.3 Å². The van der Waals surface area contributed by atoms with Crippen molar-refractivity contribution in [1.29, 1.82) is 0 Å². The van der Waals surface area contributed by atoms with Crippen molar-refractivity contribution in [2.24, 2.45) is 0 Å². The maximum atomic E-state index is 13.0. The van der Waals surface area contributed by atoms with Crippen molar-refractivity contribution in [2.45, 2.75) is 11.8 Å². The molecule has 0 aliphatic heterocycles. The standard InChI is InChI=1S/C7H6O2.3C5H5.Sn/c8-7(9)6-4-2-1-3-5-6;3*1-2-4-5-3-1;/h1-5H,(H,8,9);3*1-5H;/q;;;;+1/p-1. The minimum absolute atomic E-state index is 0.188. The SMILES string of the molecule is O=C([O][Sn]([CH]1C=CC=C1)([CH]1C=CC=C1)[CH]1C=CC=C1)c1ccccc1. The molecule has 1 aromatic rings. The average Bonchev–Trinajstić information content (AvgIpc) is 3.44. The normalized spacial score (nSPS) is 19.5. The molecule has 0 bridgehead atoms. The molecule has 0 heterocycles. The van der Waals surface area contributed by atoms with Crippen molar-refractivity contribution in [3.63, 3.8) is 0 Å². The van der Waals surface area contributed by atoms with Gasteiger partial charge in [0.2, 0.25) is 0 Å². The number of hydrogen-bond acceptors (Lipinski definition) is 2. The number of carbonyl (C=O) groups excluding carboxylic acids is 1. The van der Waals surface area contributed by atoms with E-state index in [-0.39, 0.29) is 17.8 Å². The van der Waals surface area contributed by atoms with Gasteiger partial charge in [0, 0.05) is 0 Å². The Morgan fingerprint density at radius 3 is 1.48 bits per heavy atom. The molecule has 0 spiro atoms. The van der Waals surface area contributed by atoms with Crippen LogP contribution in [0.2, 0.25) is 11.8 Å². The van der Waals surface area contributed by atoms with E-state index in [1.54, 1.807) is 0 Å². The fourth-order valence-corrected chi connectivity index (χ4v) is 17.1. The Hall–Kier alpha value is -2.07. The van der Waals surface area contributed by atoms with Crippen LogP contribution in [0.4, 0.5) is 0 Å². The van der Waals surface area contributed by atoms with Gasteiger partial charge in [0.15, 0.2) is 0 Å². The Balaban J connectivity index is 1.77. The first-order valence-electron chi connectivity index (χ1n) is 8.64. The third-order valence-electron chi connectivity index (χ3n) is 5.09. The van der Waals surface area contributed by atoms with Gasteiger partial charge in [0.25, 0.3) is 0 Å². The number of carbonyl (C=O) groups is 1. The van der Waals surface area contributed by atoms with Gasteiger partial charge in [0.05, 0.1) is 0 Å². The second-order valence-corrected chi connectivity index (χ2v) is 17.7. The van der Waals surface area contributed by atoms with E-state index in [0.29, 0.717) is 5.56 Å². The van der Waals surface area contributed by atoms with Gasteiger partial charge in [-0.1, -0.05) is 0 Å². The van der Waals surface area contributed by atoms with Crippen molar-refractivity contribution in [3.05, 3.63) is 109 Å². The molecule has 0 amide bonds. The summed E-state index contributed by atoms with van der Waals surface area (Å²) in [7, 11) is 0. The van der Waals surface area contributed by atoms with Crippen LogP contribution in [-0.4, -0.2) is 24.8 Å². The maximum absolute atomic E-state index is 13.0. The number of allylic oxidation sites excluding steroid dienone is 12. The predicted molar refractivity (Wildman–Crippen MR) is 104 cm³/mol. The summed E-state index contributed by atoms with van der Waals surface area (Å²) >= 11 is -3.59. The Morgan fingerprint density at radius 2 is 1.08 bits per heavy atom. The molecule has 0 saturated carbocycles. The summed E-state index contributed by atoms with van der Waals surface area (Å²) in [4.78, 5) is 13.0. The summed E-state index contributed by atoms with van der Waals surface area (Å²) < 4.78 is 7.24. The number of benzene rings is 1. The first kappa shape index (κ1) is 16.4. The molecule has 2 nitrogen and oxygen atoms in total. The fraction of sp³-hybridized carbons (Fsp3) is 0.136. The molecular weight excluding hydrogens is 415 g/mol. The molecule has 1 aromatic carbocycles. The second kappa shape index (κ2) is 7.04. The van der Waals surface area contributed by atoms with Crippen LogP contribution in [0.25, 0.3) is 0 Å². The monoisotopic (exact) mass is 436 g/mol. The Bertz CT molecular complexity index is 722. The number of hydrogen-bond donors (Lipinski definition) is 0. The van der Waals surface area contributed by atoms with E-state index in [2.05, 4.69) is 72.9 Å². The van der Waals surface area contributed by atoms with Crippen molar-refractivity contribution < 1.29 is 7.87 Å².